The van der Waals surface area contributed by atoms with Crippen molar-refractivity contribution in [2.75, 3.05) is 0 Å². The van der Waals surface area contributed by atoms with Gasteiger partial charge in [0.25, 0.3) is 5.56 Å². The highest BCUT2D eigenvalue weighted by Crippen LogP contribution is 2.18. The molecule has 0 bridgehead atoms. The van der Waals surface area contributed by atoms with Crippen LogP contribution in [0, 0.1) is 5.82 Å². The topological polar surface area (TPSA) is 90.4 Å². The van der Waals surface area contributed by atoms with E-state index in [4.69, 9.17) is 0 Å². The monoisotopic (exact) mass is 469 g/mol. The Morgan fingerprint density at radius 1 is 1.06 bits per heavy atom. The molecular weight excluding hydrogens is 453 g/mol. The summed E-state index contributed by atoms with van der Waals surface area (Å²) in [5.74, 6) is -0.594. The van der Waals surface area contributed by atoms with Crippen LogP contribution in [0.3, 0.4) is 0 Å². The van der Waals surface area contributed by atoms with Gasteiger partial charge in [-0.15, -0.1) is 27.8 Å². The summed E-state index contributed by atoms with van der Waals surface area (Å²) >= 11 is 2.77. The number of rotatable bonds is 6. The molecule has 0 fully saturated rings. The zero-order valence-corrected chi connectivity index (χ0v) is 18.2. The Bertz CT molecular complexity index is 1540. The number of carbonyl (C=O) groups is 1. The first kappa shape index (κ1) is 20.3. The van der Waals surface area contributed by atoms with Crippen LogP contribution in [-0.2, 0) is 24.4 Å². The van der Waals surface area contributed by atoms with Crippen LogP contribution >= 0.6 is 22.7 Å². The average Bonchev–Trinajstić information content (AvgIpc) is 3.52. The second kappa shape index (κ2) is 8.17. The molecule has 4 heterocycles. The van der Waals surface area contributed by atoms with Gasteiger partial charge in [0.05, 0.1) is 12.1 Å². The highest BCUT2D eigenvalue weighted by Gasteiger charge is 2.19. The van der Waals surface area contributed by atoms with Crippen molar-refractivity contribution in [2.24, 2.45) is 0 Å². The van der Waals surface area contributed by atoms with Gasteiger partial charge in [0.1, 0.15) is 17.1 Å². The van der Waals surface area contributed by atoms with E-state index in [0.717, 1.165) is 15.1 Å². The van der Waals surface area contributed by atoms with Gasteiger partial charge in [0.2, 0.25) is 11.7 Å². The minimum Gasteiger partial charge on any atom is -0.350 e. The first-order chi connectivity index (χ1) is 15.5. The van der Waals surface area contributed by atoms with Crippen LogP contribution in [0.4, 0.5) is 4.39 Å². The third-order valence-electron chi connectivity index (χ3n) is 4.98. The number of thiophene rings is 2. The van der Waals surface area contributed by atoms with Gasteiger partial charge in [0.15, 0.2) is 0 Å². The van der Waals surface area contributed by atoms with Gasteiger partial charge in [-0.2, -0.15) is 0 Å². The van der Waals surface area contributed by atoms with Crippen molar-refractivity contribution in [1.29, 1.82) is 0 Å². The lowest BCUT2D eigenvalue weighted by Crippen LogP contribution is -2.32. The van der Waals surface area contributed by atoms with Gasteiger partial charge in [0, 0.05) is 11.4 Å². The molecule has 0 aliphatic rings. The molecule has 0 atom stereocenters. The van der Waals surface area contributed by atoms with Crippen molar-refractivity contribution in [2.45, 2.75) is 19.6 Å². The SMILES string of the molecule is O=C(Cn1nc2n(Cc3cccs3)c(=O)c3sccc3n2c1=O)NCc1ccc(F)cc1. The van der Waals surface area contributed by atoms with Crippen LogP contribution in [-0.4, -0.2) is 24.7 Å². The molecule has 1 aromatic carbocycles. The van der Waals surface area contributed by atoms with E-state index < -0.39 is 11.6 Å². The second-order valence-electron chi connectivity index (χ2n) is 7.08. The molecule has 11 heteroatoms. The number of nitrogens with zero attached hydrogens (tertiary/aromatic N) is 4. The van der Waals surface area contributed by atoms with Crippen molar-refractivity contribution >= 4 is 44.6 Å². The third kappa shape index (κ3) is 3.65. The molecule has 5 rings (SSSR count). The first-order valence-corrected chi connectivity index (χ1v) is 11.4. The van der Waals surface area contributed by atoms with Gasteiger partial charge in [-0.3, -0.25) is 14.2 Å². The number of hydrogen-bond acceptors (Lipinski definition) is 6. The molecule has 0 aliphatic heterocycles. The van der Waals surface area contributed by atoms with E-state index >= 15 is 0 Å². The summed E-state index contributed by atoms with van der Waals surface area (Å²) in [5.41, 5.74) is 0.473. The lowest BCUT2D eigenvalue weighted by atomic mass is 10.2. The van der Waals surface area contributed by atoms with Crippen LogP contribution in [0.5, 0.6) is 0 Å². The van der Waals surface area contributed by atoms with Gasteiger partial charge < -0.3 is 5.32 Å². The van der Waals surface area contributed by atoms with E-state index in [2.05, 4.69) is 10.4 Å². The number of fused-ring (bicyclic) bond motifs is 3. The normalized spacial score (nSPS) is 11.4. The minimum atomic E-state index is -0.500. The molecule has 1 N–H and O–H groups in total. The Labute approximate surface area is 187 Å². The summed E-state index contributed by atoms with van der Waals surface area (Å²) in [7, 11) is 0. The standard InChI is InChI=1S/C21H16FN5O3S2/c22-14-5-3-13(4-6-14)10-23-17(28)12-26-21(30)27-16-7-9-32-18(16)19(29)25(20(27)24-26)11-15-2-1-8-31-15/h1-9H,10-12H2,(H,23,28). The fourth-order valence-electron chi connectivity index (χ4n) is 3.43. The van der Waals surface area contributed by atoms with E-state index in [-0.39, 0.29) is 36.8 Å². The molecule has 0 radical (unpaired) electrons. The van der Waals surface area contributed by atoms with Crippen molar-refractivity contribution in [3.8, 4) is 0 Å². The third-order valence-corrected chi connectivity index (χ3v) is 6.73. The maximum absolute atomic E-state index is 13.1. The molecule has 5 aromatic rings. The van der Waals surface area contributed by atoms with Crippen LogP contribution in [0.15, 0.2) is 62.8 Å². The number of aromatic nitrogens is 4. The number of benzene rings is 1. The van der Waals surface area contributed by atoms with Crippen LogP contribution in [0.2, 0.25) is 0 Å². The lowest BCUT2D eigenvalue weighted by Gasteiger charge is -2.06. The predicted molar refractivity (Wildman–Crippen MR) is 121 cm³/mol. The molecule has 0 aliphatic carbocycles. The summed E-state index contributed by atoms with van der Waals surface area (Å²) in [4.78, 5) is 39.5. The Morgan fingerprint density at radius 3 is 2.62 bits per heavy atom. The van der Waals surface area contributed by atoms with E-state index in [1.807, 2.05) is 17.5 Å². The molecule has 4 aromatic heterocycles. The molecule has 8 nitrogen and oxygen atoms in total. The lowest BCUT2D eigenvalue weighted by molar-refractivity contribution is -0.122. The summed E-state index contributed by atoms with van der Waals surface area (Å²) in [5, 5.41) is 10.7. The fourth-order valence-corrected chi connectivity index (χ4v) is 4.95. The molecule has 162 valence electrons. The first-order valence-electron chi connectivity index (χ1n) is 9.64. The van der Waals surface area contributed by atoms with E-state index in [0.29, 0.717) is 10.2 Å². The van der Waals surface area contributed by atoms with E-state index in [1.54, 1.807) is 23.6 Å². The number of nitrogens with one attached hydrogen (secondary N) is 1. The highest BCUT2D eigenvalue weighted by atomic mass is 32.1. The Balaban J connectivity index is 1.49. The fraction of sp³-hybridized carbons (Fsp3) is 0.143. The maximum Gasteiger partial charge on any atom is 0.352 e. The molecule has 32 heavy (non-hydrogen) atoms. The van der Waals surface area contributed by atoms with Crippen LogP contribution in [0.25, 0.3) is 16.0 Å². The number of hydrogen-bond donors (Lipinski definition) is 1. The maximum atomic E-state index is 13.1. The van der Waals surface area contributed by atoms with Crippen LogP contribution in [0.1, 0.15) is 10.4 Å². The molecular formula is C21H16FN5O3S2. The molecule has 0 saturated heterocycles. The van der Waals surface area contributed by atoms with Crippen molar-refractivity contribution in [1.82, 2.24) is 24.1 Å². The number of amides is 1. The predicted octanol–water partition coefficient (Wildman–Crippen LogP) is 2.44. The van der Waals surface area contributed by atoms with Gasteiger partial charge in [-0.25, -0.2) is 18.3 Å². The summed E-state index contributed by atoms with van der Waals surface area (Å²) in [6.07, 6.45) is 0. The van der Waals surface area contributed by atoms with Crippen LogP contribution < -0.4 is 16.6 Å². The Kier molecular flexibility index (Phi) is 5.19. The summed E-state index contributed by atoms with van der Waals surface area (Å²) in [6.45, 7) is 0.167. The Morgan fingerprint density at radius 2 is 1.88 bits per heavy atom. The van der Waals surface area contributed by atoms with Gasteiger partial charge in [-0.1, -0.05) is 18.2 Å². The summed E-state index contributed by atoms with van der Waals surface area (Å²) < 4.78 is 17.4. The average molecular weight is 470 g/mol. The van der Waals surface area contributed by atoms with Crippen molar-refractivity contribution < 1.29 is 9.18 Å². The molecule has 1 amide bonds. The quantitative estimate of drug-likeness (QED) is 0.414. The van der Waals surface area contributed by atoms with Crippen molar-refractivity contribution in [3.05, 3.63) is 90.3 Å². The van der Waals surface area contributed by atoms with Crippen molar-refractivity contribution in [3.63, 3.8) is 0 Å². The Hall–Kier alpha value is -3.57. The second-order valence-corrected chi connectivity index (χ2v) is 9.03. The largest absolute Gasteiger partial charge is 0.352 e. The molecule has 0 spiro atoms. The minimum absolute atomic E-state index is 0.186. The molecule has 0 saturated carbocycles. The van der Waals surface area contributed by atoms with E-state index in [9.17, 15) is 18.8 Å². The van der Waals surface area contributed by atoms with Gasteiger partial charge in [-0.05, 0) is 40.6 Å². The smallest absolute Gasteiger partial charge is 0.350 e. The zero-order chi connectivity index (χ0) is 22.2. The molecule has 0 unspecified atom stereocenters. The number of carbonyl (C=O) groups excluding carboxylic acids is 1. The van der Waals surface area contributed by atoms with E-state index in [1.165, 1.54) is 43.8 Å². The van der Waals surface area contributed by atoms with Gasteiger partial charge >= 0.3 is 5.69 Å². The number of halogens is 1. The highest BCUT2D eigenvalue weighted by molar-refractivity contribution is 7.17. The zero-order valence-electron chi connectivity index (χ0n) is 16.5. The summed E-state index contributed by atoms with van der Waals surface area (Å²) in [6, 6.07) is 11.3.